The van der Waals surface area contributed by atoms with E-state index in [0.29, 0.717) is 12.1 Å². The molecule has 2 aromatic rings. The standard InChI is InChI=1S/C13H7F2NO5/c14-8-5-7(13(17)18)6-9(15)12(8)21-11-4-2-1-3-10(11)16(19)20/h1-6H,(H,17,18). The number of nitro groups is 1. The van der Waals surface area contributed by atoms with Crippen LogP contribution in [0.3, 0.4) is 0 Å². The number of ether oxygens (including phenoxy) is 1. The third-order valence-corrected chi connectivity index (χ3v) is 2.52. The minimum Gasteiger partial charge on any atom is -0.478 e. The Kier molecular flexibility index (Phi) is 3.79. The monoisotopic (exact) mass is 295 g/mol. The predicted molar refractivity (Wildman–Crippen MR) is 66.5 cm³/mol. The summed E-state index contributed by atoms with van der Waals surface area (Å²) < 4.78 is 32.3. The van der Waals surface area contributed by atoms with Gasteiger partial charge in [-0.25, -0.2) is 13.6 Å². The topological polar surface area (TPSA) is 89.7 Å². The number of rotatable bonds is 4. The molecule has 0 aliphatic carbocycles. The molecule has 0 heterocycles. The molecule has 0 aromatic heterocycles. The fraction of sp³-hybridized carbons (Fsp3) is 0. The molecule has 6 nitrogen and oxygen atoms in total. The summed E-state index contributed by atoms with van der Waals surface area (Å²) in [6, 6.07) is 6.17. The van der Waals surface area contributed by atoms with E-state index in [9.17, 15) is 23.7 Å². The Hall–Kier alpha value is -3.03. The van der Waals surface area contributed by atoms with Crippen LogP contribution >= 0.6 is 0 Å². The SMILES string of the molecule is O=C(O)c1cc(F)c(Oc2ccccc2[N+](=O)[O-])c(F)c1. The zero-order valence-corrected chi connectivity index (χ0v) is 10.2. The molecule has 0 spiro atoms. The van der Waals surface area contributed by atoms with Gasteiger partial charge >= 0.3 is 11.7 Å². The molecule has 108 valence electrons. The molecule has 0 fully saturated rings. The van der Waals surface area contributed by atoms with Crippen molar-refractivity contribution in [3.63, 3.8) is 0 Å². The summed E-state index contributed by atoms with van der Waals surface area (Å²) >= 11 is 0. The van der Waals surface area contributed by atoms with E-state index in [0.717, 1.165) is 6.07 Å². The molecular weight excluding hydrogens is 288 g/mol. The number of para-hydroxylation sites is 2. The van der Waals surface area contributed by atoms with Crippen molar-refractivity contribution >= 4 is 11.7 Å². The van der Waals surface area contributed by atoms with E-state index in [4.69, 9.17) is 9.84 Å². The highest BCUT2D eigenvalue weighted by atomic mass is 19.1. The molecule has 0 unspecified atom stereocenters. The van der Waals surface area contributed by atoms with Crippen molar-refractivity contribution < 1.29 is 28.3 Å². The first-order valence-electron chi connectivity index (χ1n) is 5.53. The third kappa shape index (κ3) is 2.94. The van der Waals surface area contributed by atoms with Gasteiger partial charge in [-0.15, -0.1) is 0 Å². The molecule has 0 amide bonds. The van der Waals surface area contributed by atoms with Gasteiger partial charge in [-0.1, -0.05) is 12.1 Å². The van der Waals surface area contributed by atoms with Crippen LogP contribution in [0.2, 0.25) is 0 Å². The van der Waals surface area contributed by atoms with Gasteiger partial charge in [-0.2, -0.15) is 0 Å². The van der Waals surface area contributed by atoms with Crippen molar-refractivity contribution in [2.24, 2.45) is 0 Å². The number of carboxylic acids is 1. The molecule has 0 radical (unpaired) electrons. The number of carboxylic acid groups (broad SMARTS) is 1. The second kappa shape index (κ2) is 5.53. The third-order valence-electron chi connectivity index (χ3n) is 2.52. The Morgan fingerprint density at radius 3 is 2.29 bits per heavy atom. The molecule has 21 heavy (non-hydrogen) atoms. The summed E-state index contributed by atoms with van der Waals surface area (Å²) in [4.78, 5) is 20.7. The van der Waals surface area contributed by atoms with Crippen LogP contribution < -0.4 is 4.74 Å². The van der Waals surface area contributed by atoms with E-state index < -0.39 is 39.5 Å². The first-order valence-corrected chi connectivity index (χ1v) is 5.53. The number of hydrogen-bond donors (Lipinski definition) is 1. The molecule has 8 heteroatoms. The molecule has 0 bridgehead atoms. The minimum atomic E-state index is -1.51. The number of benzene rings is 2. The normalized spacial score (nSPS) is 10.2. The smallest absolute Gasteiger partial charge is 0.335 e. The molecular formula is C13H7F2NO5. The van der Waals surface area contributed by atoms with Crippen molar-refractivity contribution in [3.8, 4) is 11.5 Å². The van der Waals surface area contributed by atoms with Crippen molar-refractivity contribution in [1.82, 2.24) is 0 Å². The van der Waals surface area contributed by atoms with Crippen molar-refractivity contribution in [2.75, 3.05) is 0 Å². The van der Waals surface area contributed by atoms with Crippen LogP contribution in [0.4, 0.5) is 14.5 Å². The zero-order chi connectivity index (χ0) is 15.6. The predicted octanol–water partition coefficient (Wildman–Crippen LogP) is 3.36. The lowest BCUT2D eigenvalue weighted by Gasteiger charge is -2.08. The van der Waals surface area contributed by atoms with E-state index >= 15 is 0 Å². The van der Waals surface area contributed by atoms with Crippen LogP contribution in [-0.4, -0.2) is 16.0 Å². The highest BCUT2D eigenvalue weighted by molar-refractivity contribution is 5.87. The van der Waals surface area contributed by atoms with Gasteiger partial charge in [-0.05, 0) is 18.2 Å². The molecule has 0 atom stereocenters. The lowest BCUT2D eigenvalue weighted by molar-refractivity contribution is -0.385. The first kappa shape index (κ1) is 14.4. The fourth-order valence-corrected chi connectivity index (χ4v) is 1.59. The van der Waals surface area contributed by atoms with Gasteiger partial charge in [0, 0.05) is 6.07 Å². The van der Waals surface area contributed by atoms with Gasteiger partial charge in [0.2, 0.25) is 5.75 Å². The van der Waals surface area contributed by atoms with Gasteiger partial charge in [0.1, 0.15) is 0 Å². The van der Waals surface area contributed by atoms with Gasteiger partial charge in [0.25, 0.3) is 0 Å². The van der Waals surface area contributed by atoms with E-state index in [1.54, 1.807) is 0 Å². The van der Waals surface area contributed by atoms with Crippen LogP contribution in [0.25, 0.3) is 0 Å². The first-order chi connectivity index (χ1) is 9.90. The highest BCUT2D eigenvalue weighted by Gasteiger charge is 2.20. The fourth-order valence-electron chi connectivity index (χ4n) is 1.59. The number of hydrogen-bond acceptors (Lipinski definition) is 4. The van der Waals surface area contributed by atoms with Crippen molar-refractivity contribution in [1.29, 1.82) is 0 Å². The zero-order valence-electron chi connectivity index (χ0n) is 10.2. The summed E-state index contributed by atoms with van der Waals surface area (Å²) in [5.74, 6) is -5.32. The van der Waals surface area contributed by atoms with Crippen molar-refractivity contribution in [3.05, 3.63) is 63.7 Å². The molecule has 2 rings (SSSR count). The van der Waals surface area contributed by atoms with E-state index in [2.05, 4.69) is 0 Å². The average molecular weight is 295 g/mol. The van der Waals surface area contributed by atoms with E-state index in [-0.39, 0.29) is 5.75 Å². The summed E-state index contributed by atoms with van der Waals surface area (Å²) in [7, 11) is 0. The number of nitro benzene ring substituents is 1. The van der Waals surface area contributed by atoms with Gasteiger partial charge < -0.3 is 9.84 Å². The summed E-state index contributed by atoms with van der Waals surface area (Å²) in [6.45, 7) is 0. The van der Waals surface area contributed by atoms with Crippen molar-refractivity contribution in [2.45, 2.75) is 0 Å². The molecule has 1 N–H and O–H groups in total. The Morgan fingerprint density at radius 2 is 1.76 bits per heavy atom. The second-order valence-corrected chi connectivity index (χ2v) is 3.90. The van der Waals surface area contributed by atoms with Gasteiger partial charge in [0.05, 0.1) is 10.5 Å². The number of halogens is 2. The Labute approximate surface area is 116 Å². The average Bonchev–Trinajstić information content (AvgIpc) is 2.42. The van der Waals surface area contributed by atoms with Gasteiger partial charge in [0.15, 0.2) is 17.4 Å². The Bertz CT molecular complexity index is 709. The number of aromatic carboxylic acids is 1. The highest BCUT2D eigenvalue weighted by Crippen LogP contribution is 2.34. The maximum atomic E-state index is 13.7. The number of carbonyl (C=O) groups is 1. The summed E-state index contributed by atoms with van der Waals surface area (Å²) in [6.07, 6.45) is 0. The van der Waals surface area contributed by atoms with Gasteiger partial charge in [-0.3, -0.25) is 10.1 Å². The molecule has 0 aliphatic rings. The largest absolute Gasteiger partial charge is 0.478 e. The van der Waals surface area contributed by atoms with E-state index in [1.165, 1.54) is 18.2 Å². The van der Waals surface area contributed by atoms with Crippen LogP contribution in [0, 0.1) is 21.7 Å². The minimum absolute atomic E-state index is 0.358. The maximum absolute atomic E-state index is 13.7. The molecule has 0 saturated heterocycles. The second-order valence-electron chi connectivity index (χ2n) is 3.90. The lowest BCUT2D eigenvalue weighted by atomic mass is 10.2. The maximum Gasteiger partial charge on any atom is 0.335 e. The summed E-state index contributed by atoms with van der Waals surface area (Å²) in [5.41, 5.74) is -1.07. The summed E-state index contributed by atoms with van der Waals surface area (Å²) in [5, 5.41) is 19.5. The Morgan fingerprint density at radius 1 is 1.19 bits per heavy atom. The molecule has 0 saturated carbocycles. The van der Waals surface area contributed by atoms with Crippen LogP contribution in [0.5, 0.6) is 11.5 Å². The molecule has 2 aromatic carbocycles. The quantitative estimate of drug-likeness (QED) is 0.690. The lowest BCUT2D eigenvalue weighted by Crippen LogP contribution is -2.02. The van der Waals surface area contributed by atoms with Crippen LogP contribution in [-0.2, 0) is 0 Å². The number of nitrogens with zero attached hydrogens (tertiary/aromatic N) is 1. The van der Waals surface area contributed by atoms with Crippen LogP contribution in [0.1, 0.15) is 10.4 Å². The van der Waals surface area contributed by atoms with E-state index in [1.807, 2.05) is 0 Å². The Balaban J connectivity index is 2.46. The van der Waals surface area contributed by atoms with Crippen LogP contribution in [0.15, 0.2) is 36.4 Å². The molecule has 0 aliphatic heterocycles.